The number of nitrogens with zero attached hydrogens (tertiary/aromatic N) is 1. The number of hydrogen-bond donors (Lipinski definition) is 0. The maximum Gasteiger partial charge on any atom is 0.410 e. The van der Waals surface area contributed by atoms with Crippen LogP contribution in [0.25, 0.3) is 0 Å². The second kappa shape index (κ2) is 20.1. The van der Waals surface area contributed by atoms with E-state index in [0.29, 0.717) is 26.2 Å². The van der Waals surface area contributed by atoms with Crippen molar-refractivity contribution in [2.24, 2.45) is 5.92 Å². The number of benzene rings is 1. The minimum atomic E-state index is -0.643. The highest BCUT2D eigenvalue weighted by Crippen LogP contribution is 2.15. The number of hydrogen-bond acceptors (Lipinski definition) is 5. The fourth-order valence-electron chi connectivity index (χ4n) is 3.90. The number of carbonyl (C=O) groups excluding carboxylic acids is 2. The Morgan fingerprint density at radius 2 is 1.40 bits per heavy atom. The summed E-state index contributed by atoms with van der Waals surface area (Å²) in [5.41, 5.74) is 1.07. The van der Waals surface area contributed by atoms with Crippen LogP contribution < -0.4 is 0 Å². The smallest absolute Gasteiger partial charge is 0.410 e. The quantitative estimate of drug-likeness (QED) is 0.143. The Morgan fingerprint density at radius 1 is 0.800 bits per heavy atom. The molecule has 0 bridgehead atoms. The molecule has 0 aliphatic rings. The molecular weight excluding hydrogens is 442 g/mol. The second-order valence-corrected chi connectivity index (χ2v) is 9.76. The molecule has 0 aromatic heterocycles. The number of carbonyl (C=O) groups is 2. The average molecular weight is 492 g/mol. The van der Waals surface area contributed by atoms with Crippen molar-refractivity contribution in [3.05, 3.63) is 35.9 Å². The molecule has 0 heterocycles. The number of rotatable bonds is 20. The molecule has 200 valence electrons. The first kappa shape index (κ1) is 31.0. The van der Waals surface area contributed by atoms with E-state index in [1.165, 1.54) is 56.3 Å². The molecule has 0 aliphatic heterocycles. The van der Waals surface area contributed by atoms with Crippen molar-refractivity contribution in [1.82, 2.24) is 4.90 Å². The van der Waals surface area contributed by atoms with Crippen LogP contribution in [0.15, 0.2) is 30.3 Å². The molecule has 1 aromatic rings. The van der Waals surface area contributed by atoms with Crippen molar-refractivity contribution in [3.8, 4) is 0 Å². The fourth-order valence-corrected chi connectivity index (χ4v) is 3.90. The lowest BCUT2D eigenvalue weighted by Gasteiger charge is -2.27. The first-order chi connectivity index (χ1) is 17.0. The Bertz CT molecular complexity index is 664. The molecule has 0 radical (unpaired) electrons. The summed E-state index contributed by atoms with van der Waals surface area (Å²) in [6, 6.07) is 9.19. The molecule has 1 amide bonds. The molecule has 1 rings (SSSR count). The van der Waals surface area contributed by atoms with Gasteiger partial charge in [-0.15, -0.1) is 0 Å². The summed E-state index contributed by atoms with van der Waals surface area (Å²) in [6.45, 7) is 7.60. The summed E-state index contributed by atoms with van der Waals surface area (Å²) in [5, 5.41) is 0. The largest absolute Gasteiger partial charge is 0.464 e. The van der Waals surface area contributed by atoms with E-state index >= 15 is 0 Å². The van der Waals surface area contributed by atoms with Gasteiger partial charge in [0, 0.05) is 7.05 Å². The molecule has 35 heavy (non-hydrogen) atoms. The van der Waals surface area contributed by atoms with E-state index in [1.54, 1.807) is 7.05 Å². The third kappa shape index (κ3) is 15.5. The summed E-state index contributed by atoms with van der Waals surface area (Å²) < 4.78 is 16.4. The average Bonchev–Trinajstić information content (AvgIpc) is 2.85. The van der Waals surface area contributed by atoms with Gasteiger partial charge in [0.2, 0.25) is 0 Å². The lowest BCUT2D eigenvalue weighted by Crippen LogP contribution is -2.44. The second-order valence-electron chi connectivity index (χ2n) is 9.76. The number of esters is 1. The lowest BCUT2D eigenvalue weighted by atomic mass is 10.0. The number of amides is 1. The highest BCUT2D eigenvalue weighted by atomic mass is 16.6. The first-order valence-corrected chi connectivity index (χ1v) is 13.6. The summed E-state index contributed by atoms with van der Waals surface area (Å²) in [5.74, 6) is -0.108. The molecule has 1 atom stereocenters. The summed E-state index contributed by atoms with van der Waals surface area (Å²) in [7, 11) is 1.60. The van der Waals surface area contributed by atoms with Gasteiger partial charge >= 0.3 is 12.1 Å². The molecule has 0 unspecified atom stereocenters. The van der Waals surface area contributed by atoms with Gasteiger partial charge in [-0.25, -0.2) is 9.59 Å². The Kier molecular flexibility index (Phi) is 17.8. The molecule has 0 saturated carbocycles. The maximum atomic E-state index is 12.7. The summed E-state index contributed by atoms with van der Waals surface area (Å²) in [4.78, 5) is 26.6. The van der Waals surface area contributed by atoms with E-state index in [1.807, 2.05) is 44.2 Å². The van der Waals surface area contributed by atoms with Crippen molar-refractivity contribution in [1.29, 1.82) is 0 Å². The van der Waals surface area contributed by atoms with E-state index in [4.69, 9.17) is 14.2 Å². The molecule has 6 nitrogen and oxygen atoms in total. The van der Waals surface area contributed by atoms with Gasteiger partial charge in [0.25, 0.3) is 0 Å². The summed E-state index contributed by atoms with van der Waals surface area (Å²) >= 11 is 0. The zero-order valence-electron chi connectivity index (χ0n) is 22.6. The Balaban J connectivity index is 2.24. The van der Waals surface area contributed by atoms with Crippen molar-refractivity contribution >= 4 is 12.1 Å². The van der Waals surface area contributed by atoms with Crippen molar-refractivity contribution in [2.75, 3.05) is 26.9 Å². The predicted octanol–water partition coefficient (Wildman–Crippen LogP) is 7.15. The minimum Gasteiger partial charge on any atom is -0.464 e. The molecule has 6 heteroatoms. The van der Waals surface area contributed by atoms with E-state index in [2.05, 4.69) is 6.92 Å². The van der Waals surface area contributed by atoms with Crippen LogP contribution in [0.1, 0.15) is 97.0 Å². The number of unbranched alkanes of at least 4 members (excludes halogenated alkanes) is 9. The molecule has 0 saturated heterocycles. The van der Waals surface area contributed by atoms with Crippen LogP contribution in [0.5, 0.6) is 0 Å². The van der Waals surface area contributed by atoms with Crippen LogP contribution in [0.4, 0.5) is 4.79 Å². The number of ether oxygens (including phenoxy) is 3. The Hall–Kier alpha value is -2.08. The van der Waals surface area contributed by atoms with Crippen LogP contribution in [0.3, 0.4) is 0 Å². The normalized spacial score (nSPS) is 11.9. The highest BCUT2D eigenvalue weighted by molar-refractivity contribution is 5.81. The van der Waals surface area contributed by atoms with Crippen molar-refractivity contribution in [3.63, 3.8) is 0 Å². The molecular formula is C29H49NO5. The van der Waals surface area contributed by atoms with E-state index < -0.39 is 12.1 Å². The molecule has 0 spiro atoms. The fraction of sp³-hybridized carbons (Fsp3) is 0.724. The van der Waals surface area contributed by atoms with Crippen LogP contribution >= 0.6 is 0 Å². The zero-order chi connectivity index (χ0) is 25.7. The SMILES string of the molecule is CCCCCCCCCCCCOC(=O)[C@H](CC(C)C)N(C)C(=O)OCCOCc1ccccc1. The van der Waals surface area contributed by atoms with Crippen molar-refractivity contribution < 1.29 is 23.8 Å². The lowest BCUT2D eigenvalue weighted by molar-refractivity contribution is -0.149. The molecule has 1 aromatic carbocycles. The Morgan fingerprint density at radius 3 is 2.00 bits per heavy atom. The van der Waals surface area contributed by atoms with Gasteiger partial charge in [0.1, 0.15) is 12.6 Å². The van der Waals surface area contributed by atoms with Gasteiger partial charge in [-0.3, -0.25) is 4.90 Å². The van der Waals surface area contributed by atoms with Gasteiger partial charge in [-0.05, 0) is 24.3 Å². The van der Waals surface area contributed by atoms with E-state index in [0.717, 1.165) is 18.4 Å². The predicted molar refractivity (Wildman–Crippen MR) is 141 cm³/mol. The van der Waals surface area contributed by atoms with Gasteiger partial charge in [-0.2, -0.15) is 0 Å². The zero-order valence-corrected chi connectivity index (χ0v) is 22.6. The molecule has 0 N–H and O–H groups in total. The van der Waals surface area contributed by atoms with Crippen LogP contribution in [0, 0.1) is 5.92 Å². The molecule has 0 aliphatic carbocycles. The van der Waals surface area contributed by atoms with Crippen LogP contribution in [0.2, 0.25) is 0 Å². The third-order valence-electron chi connectivity index (χ3n) is 6.03. The van der Waals surface area contributed by atoms with E-state index in [-0.39, 0.29) is 18.5 Å². The van der Waals surface area contributed by atoms with E-state index in [9.17, 15) is 9.59 Å². The molecule has 0 fully saturated rings. The first-order valence-electron chi connectivity index (χ1n) is 13.6. The van der Waals surface area contributed by atoms with Gasteiger partial charge in [0.15, 0.2) is 0 Å². The summed E-state index contributed by atoms with van der Waals surface area (Å²) in [6.07, 6.45) is 12.3. The Labute approximate surface area is 213 Å². The highest BCUT2D eigenvalue weighted by Gasteiger charge is 2.30. The van der Waals surface area contributed by atoms with Gasteiger partial charge in [-0.1, -0.05) is 109 Å². The van der Waals surface area contributed by atoms with Crippen LogP contribution in [-0.4, -0.2) is 49.9 Å². The van der Waals surface area contributed by atoms with Crippen LogP contribution in [-0.2, 0) is 25.6 Å². The minimum absolute atomic E-state index is 0.137. The van der Waals surface area contributed by atoms with Crippen molar-refractivity contribution in [2.45, 2.75) is 104 Å². The third-order valence-corrected chi connectivity index (χ3v) is 6.03. The monoisotopic (exact) mass is 491 g/mol. The number of likely N-dealkylation sites (N-methyl/N-ethyl adjacent to an activating group) is 1. The standard InChI is InChI=1S/C29H49NO5/c1-5-6-7-8-9-10-11-12-13-17-20-34-28(31)27(23-25(2)3)30(4)29(32)35-22-21-33-24-26-18-15-14-16-19-26/h14-16,18-19,25,27H,5-13,17,20-24H2,1-4H3/t27-/m0/s1. The topological polar surface area (TPSA) is 65.1 Å². The van der Waals surface area contributed by atoms with Gasteiger partial charge in [0.05, 0.1) is 19.8 Å². The maximum absolute atomic E-state index is 12.7. The van der Waals surface area contributed by atoms with Gasteiger partial charge < -0.3 is 14.2 Å².